The number of carboxylic acid groups (broad SMARTS) is 1. The van der Waals surface area contributed by atoms with E-state index in [1.807, 2.05) is 37.3 Å². The molecule has 1 aromatic heterocycles. The zero-order valence-corrected chi connectivity index (χ0v) is 14.2. The van der Waals surface area contributed by atoms with E-state index in [4.69, 9.17) is 5.11 Å². The molecule has 0 atom stereocenters. The molecule has 0 radical (unpaired) electrons. The Balaban J connectivity index is 1.91. The van der Waals surface area contributed by atoms with E-state index in [-0.39, 0.29) is 5.69 Å². The van der Waals surface area contributed by atoms with Gasteiger partial charge in [0.1, 0.15) is 5.69 Å². The molecule has 27 heavy (non-hydrogen) atoms. The smallest absolute Gasteiger partial charge is 0.433 e. The zero-order chi connectivity index (χ0) is 19.6. The van der Waals surface area contributed by atoms with E-state index < -0.39 is 23.7 Å². The van der Waals surface area contributed by atoms with E-state index in [1.165, 1.54) is 6.08 Å². The minimum Gasteiger partial charge on any atom is -0.475 e. The maximum absolute atomic E-state index is 12.9. The van der Waals surface area contributed by atoms with Gasteiger partial charge in [-0.1, -0.05) is 42.0 Å². The molecule has 0 saturated heterocycles. The summed E-state index contributed by atoms with van der Waals surface area (Å²) >= 11 is 0. The molecule has 1 aliphatic rings. The van der Waals surface area contributed by atoms with Gasteiger partial charge in [0.2, 0.25) is 5.82 Å². The molecule has 0 unspecified atom stereocenters. The molecular weight excluding hydrogens is 359 g/mol. The van der Waals surface area contributed by atoms with Crippen molar-refractivity contribution >= 4 is 17.8 Å². The number of hydrogen-bond acceptors (Lipinski definition) is 4. The third-order valence-corrected chi connectivity index (χ3v) is 3.82. The molecule has 2 heterocycles. The molecule has 0 bridgehead atoms. The van der Waals surface area contributed by atoms with Crippen LogP contribution in [-0.2, 0) is 6.18 Å². The Hall–Kier alpha value is -3.29. The summed E-state index contributed by atoms with van der Waals surface area (Å²) in [4.78, 5) is 22.1. The Morgan fingerprint density at radius 2 is 1.85 bits per heavy atom. The van der Waals surface area contributed by atoms with Gasteiger partial charge < -0.3 is 5.11 Å². The Labute approximate surface area is 152 Å². The fourth-order valence-corrected chi connectivity index (χ4v) is 2.51. The van der Waals surface area contributed by atoms with Crippen molar-refractivity contribution in [1.82, 2.24) is 9.97 Å². The summed E-state index contributed by atoms with van der Waals surface area (Å²) in [6.07, 6.45) is -0.0451. The molecule has 1 aliphatic heterocycles. The van der Waals surface area contributed by atoms with Crippen molar-refractivity contribution in [2.24, 2.45) is 4.99 Å². The molecule has 0 saturated carbocycles. The number of benzene rings is 1. The Morgan fingerprint density at radius 3 is 2.48 bits per heavy atom. The lowest BCUT2D eigenvalue weighted by Gasteiger charge is -2.07. The lowest BCUT2D eigenvalue weighted by atomic mass is 10.0. The second-order valence-corrected chi connectivity index (χ2v) is 5.85. The number of rotatable bonds is 4. The van der Waals surface area contributed by atoms with Crippen molar-refractivity contribution in [2.45, 2.75) is 13.1 Å². The molecule has 0 amide bonds. The summed E-state index contributed by atoms with van der Waals surface area (Å²) in [5.74, 6) is -2.53. The van der Waals surface area contributed by atoms with Crippen LogP contribution in [0.4, 0.5) is 13.2 Å². The van der Waals surface area contributed by atoms with Crippen molar-refractivity contribution in [3.05, 3.63) is 76.4 Å². The number of nitrogens with zero attached hydrogens (tertiary/aromatic N) is 3. The maximum atomic E-state index is 12.9. The second-order valence-electron chi connectivity index (χ2n) is 5.85. The predicted octanol–water partition coefficient (Wildman–Crippen LogP) is 3.94. The number of allylic oxidation sites excluding steroid dienone is 2. The molecule has 3 rings (SSSR count). The van der Waals surface area contributed by atoms with E-state index in [2.05, 4.69) is 15.0 Å². The Morgan fingerprint density at radius 1 is 1.15 bits per heavy atom. The highest BCUT2D eigenvalue weighted by Gasteiger charge is 2.34. The van der Waals surface area contributed by atoms with Gasteiger partial charge in [0, 0.05) is 5.56 Å². The SMILES string of the molecule is Cc1ccc(C2=NCC=C2/C=C/c2cc(C(F)(F)F)nc(C(=O)O)n2)cc1. The third-order valence-electron chi connectivity index (χ3n) is 3.82. The average Bonchev–Trinajstić information content (AvgIpc) is 3.08. The first-order valence-corrected chi connectivity index (χ1v) is 7.94. The van der Waals surface area contributed by atoms with Gasteiger partial charge in [0.25, 0.3) is 0 Å². The van der Waals surface area contributed by atoms with E-state index in [1.54, 1.807) is 6.08 Å². The Bertz CT molecular complexity index is 975. The number of aryl methyl sites for hydroxylation is 1. The van der Waals surface area contributed by atoms with Crippen LogP contribution in [-0.4, -0.2) is 33.3 Å². The molecular formula is C19H14F3N3O2. The summed E-state index contributed by atoms with van der Waals surface area (Å²) in [5, 5.41) is 8.95. The van der Waals surface area contributed by atoms with Gasteiger partial charge >= 0.3 is 12.1 Å². The molecule has 5 nitrogen and oxygen atoms in total. The van der Waals surface area contributed by atoms with Gasteiger partial charge in [-0.05, 0) is 24.6 Å². The number of carboxylic acids is 1. The van der Waals surface area contributed by atoms with Crippen LogP contribution < -0.4 is 0 Å². The van der Waals surface area contributed by atoms with Crippen LogP contribution in [0.3, 0.4) is 0 Å². The van der Waals surface area contributed by atoms with Gasteiger partial charge in [-0.3, -0.25) is 4.99 Å². The topological polar surface area (TPSA) is 75.4 Å². The molecule has 138 valence electrons. The lowest BCUT2D eigenvalue weighted by molar-refractivity contribution is -0.141. The summed E-state index contributed by atoms with van der Waals surface area (Å²) < 4.78 is 38.8. The van der Waals surface area contributed by atoms with Crippen LogP contribution in [0.15, 0.2) is 53.0 Å². The van der Waals surface area contributed by atoms with Gasteiger partial charge in [0.15, 0.2) is 0 Å². The Kier molecular flexibility index (Phi) is 4.89. The van der Waals surface area contributed by atoms with Crippen molar-refractivity contribution in [3.63, 3.8) is 0 Å². The van der Waals surface area contributed by atoms with Gasteiger partial charge in [0.05, 0.1) is 18.0 Å². The third kappa shape index (κ3) is 4.28. The van der Waals surface area contributed by atoms with Crippen LogP contribution in [0, 0.1) is 6.92 Å². The van der Waals surface area contributed by atoms with E-state index in [0.29, 0.717) is 12.6 Å². The van der Waals surface area contributed by atoms with Gasteiger partial charge in [-0.2, -0.15) is 13.2 Å². The van der Waals surface area contributed by atoms with Crippen LogP contribution in [0.2, 0.25) is 0 Å². The second kappa shape index (κ2) is 7.14. The minimum absolute atomic E-state index is 0.147. The summed E-state index contributed by atoms with van der Waals surface area (Å²) in [6.45, 7) is 2.42. The van der Waals surface area contributed by atoms with Crippen molar-refractivity contribution in [1.29, 1.82) is 0 Å². The minimum atomic E-state index is -4.77. The number of aromatic carboxylic acids is 1. The number of halogens is 3. The van der Waals surface area contributed by atoms with Crippen molar-refractivity contribution in [3.8, 4) is 0 Å². The number of carbonyl (C=O) groups is 1. The molecule has 1 N–H and O–H groups in total. The molecule has 1 aromatic carbocycles. The predicted molar refractivity (Wildman–Crippen MR) is 93.7 cm³/mol. The largest absolute Gasteiger partial charge is 0.475 e. The highest BCUT2D eigenvalue weighted by Crippen LogP contribution is 2.28. The van der Waals surface area contributed by atoms with Gasteiger partial charge in [-0.15, -0.1) is 0 Å². The van der Waals surface area contributed by atoms with Crippen LogP contribution in [0.1, 0.15) is 33.1 Å². The van der Waals surface area contributed by atoms with E-state index in [0.717, 1.165) is 22.4 Å². The monoisotopic (exact) mass is 373 g/mol. The highest BCUT2D eigenvalue weighted by molar-refractivity contribution is 6.16. The van der Waals surface area contributed by atoms with Gasteiger partial charge in [-0.25, -0.2) is 14.8 Å². The first-order valence-electron chi connectivity index (χ1n) is 7.94. The molecule has 0 spiro atoms. The van der Waals surface area contributed by atoms with Crippen LogP contribution in [0.25, 0.3) is 6.08 Å². The zero-order valence-electron chi connectivity index (χ0n) is 14.2. The number of aromatic nitrogens is 2. The average molecular weight is 373 g/mol. The van der Waals surface area contributed by atoms with E-state index >= 15 is 0 Å². The molecule has 0 fully saturated rings. The number of hydrogen-bond donors (Lipinski definition) is 1. The van der Waals surface area contributed by atoms with Crippen molar-refractivity contribution < 1.29 is 23.1 Å². The quantitative estimate of drug-likeness (QED) is 0.881. The van der Waals surface area contributed by atoms with Crippen LogP contribution in [0.5, 0.6) is 0 Å². The standard InChI is InChI=1S/C19H14F3N3O2/c1-11-2-4-12(5-3-11)16-13(8-9-23-16)6-7-14-10-15(19(20,21)22)25-17(24-14)18(26)27/h2-8,10H,9H2,1H3,(H,26,27)/b7-6+. The molecule has 8 heteroatoms. The molecule has 2 aromatic rings. The summed E-state index contributed by atoms with van der Waals surface area (Å²) in [5.41, 5.74) is 1.98. The van der Waals surface area contributed by atoms with Crippen LogP contribution >= 0.6 is 0 Å². The lowest BCUT2D eigenvalue weighted by Crippen LogP contribution is -2.14. The first kappa shape index (κ1) is 18.5. The maximum Gasteiger partial charge on any atom is 0.433 e. The van der Waals surface area contributed by atoms with Crippen molar-refractivity contribution in [2.75, 3.05) is 6.54 Å². The number of aliphatic imine (C=N–C) groups is 1. The summed E-state index contributed by atoms with van der Waals surface area (Å²) in [6, 6.07) is 8.42. The van der Waals surface area contributed by atoms with E-state index in [9.17, 15) is 18.0 Å². The summed E-state index contributed by atoms with van der Waals surface area (Å²) in [7, 11) is 0. The fraction of sp³-hybridized carbons (Fsp3) is 0.158. The fourth-order valence-electron chi connectivity index (χ4n) is 2.51. The molecule has 0 aliphatic carbocycles. The number of alkyl halides is 3. The first-order chi connectivity index (χ1) is 12.7. The normalized spacial score (nSPS) is 14.4. The highest BCUT2D eigenvalue weighted by atomic mass is 19.4.